The third-order valence-electron chi connectivity index (χ3n) is 11.4. The summed E-state index contributed by atoms with van der Waals surface area (Å²) >= 11 is 0. The molecular formula is C43H32BN3. The van der Waals surface area contributed by atoms with Gasteiger partial charge in [-0.15, -0.1) is 0 Å². The van der Waals surface area contributed by atoms with E-state index in [0.717, 1.165) is 24.0 Å². The van der Waals surface area contributed by atoms with Crippen molar-refractivity contribution >= 4 is 78.5 Å². The van der Waals surface area contributed by atoms with E-state index >= 15 is 0 Å². The van der Waals surface area contributed by atoms with Crippen LogP contribution in [0.4, 0.5) is 17.1 Å². The molecule has 0 saturated heterocycles. The van der Waals surface area contributed by atoms with Gasteiger partial charge in [0, 0.05) is 27.8 Å². The number of anilines is 3. The maximum Gasteiger partial charge on any atom is 0.252 e. The summed E-state index contributed by atoms with van der Waals surface area (Å²) in [6, 6.07) is 40.7. The van der Waals surface area contributed by atoms with Gasteiger partial charge >= 0.3 is 0 Å². The highest BCUT2D eigenvalue weighted by molar-refractivity contribution is 7.01. The van der Waals surface area contributed by atoms with Crippen LogP contribution in [0.2, 0.25) is 0 Å². The Hall–Kier alpha value is -5.35. The largest absolute Gasteiger partial charge is 0.311 e. The highest BCUT2D eigenvalue weighted by Gasteiger charge is 2.43. The van der Waals surface area contributed by atoms with Crippen LogP contribution in [0.3, 0.4) is 0 Å². The molecule has 0 unspecified atom stereocenters. The van der Waals surface area contributed by atoms with Crippen molar-refractivity contribution in [2.75, 3.05) is 4.90 Å². The van der Waals surface area contributed by atoms with Gasteiger partial charge in [-0.2, -0.15) is 0 Å². The molecule has 0 amide bonds. The summed E-state index contributed by atoms with van der Waals surface area (Å²) in [4.78, 5) is 8.06. The summed E-state index contributed by atoms with van der Waals surface area (Å²) in [5.41, 5.74) is 21.2. The second kappa shape index (κ2) is 9.14. The average molecular weight is 602 g/mol. The normalized spacial score (nSPS) is 14.6. The SMILES string of the molecule is Cc1cccc2c1c1nc3cc4c(c5c3n1c1c3c(cc(C)c21)N(c1ccc(-c2ccccc2)cc1)c1ccccc1B53)CCCC4. The number of pyridine rings is 1. The molecule has 0 N–H and O–H groups in total. The van der Waals surface area contributed by atoms with E-state index in [1.807, 2.05) is 0 Å². The van der Waals surface area contributed by atoms with Crippen LogP contribution in [0.5, 0.6) is 0 Å². The van der Waals surface area contributed by atoms with Gasteiger partial charge in [0.2, 0.25) is 0 Å². The summed E-state index contributed by atoms with van der Waals surface area (Å²) < 4.78 is 2.58. The monoisotopic (exact) mass is 601 g/mol. The molecule has 0 bridgehead atoms. The minimum Gasteiger partial charge on any atom is -0.311 e. The van der Waals surface area contributed by atoms with Crippen molar-refractivity contribution in [3.63, 3.8) is 0 Å². The van der Waals surface area contributed by atoms with Gasteiger partial charge in [-0.05, 0) is 125 Å². The molecule has 3 aliphatic rings. The number of rotatable bonds is 2. The van der Waals surface area contributed by atoms with Crippen molar-refractivity contribution < 1.29 is 0 Å². The Morgan fingerprint density at radius 3 is 2.30 bits per heavy atom. The summed E-state index contributed by atoms with van der Waals surface area (Å²) in [6.45, 7) is 4.72. The van der Waals surface area contributed by atoms with Gasteiger partial charge in [-0.1, -0.05) is 78.9 Å². The molecule has 0 saturated carbocycles. The van der Waals surface area contributed by atoms with Gasteiger partial charge in [0.05, 0.1) is 16.6 Å². The number of imidazole rings is 1. The number of aryl methyl sites for hydroxylation is 3. The zero-order chi connectivity index (χ0) is 31.0. The Labute approximate surface area is 274 Å². The lowest BCUT2D eigenvalue weighted by Gasteiger charge is -2.40. The average Bonchev–Trinajstić information content (AvgIpc) is 3.49. The van der Waals surface area contributed by atoms with E-state index in [0.29, 0.717) is 0 Å². The highest BCUT2D eigenvalue weighted by atomic mass is 15.2. The molecule has 4 heteroatoms. The molecular weight excluding hydrogens is 569 g/mol. The number of aromatic nitrogens is 2. The molecule has 6 aromatic carbocycles. The zero-order valence-electron chi connectivity index (χ0n) is 26.6. The van der Waals surface area contributed by atoms with Gasteiger partial charge in [-0.25, -0.2) is 4.98 Å². The van der Waals surface area contributed by atoms with Crippen LogP contribution in [0.25, 0.3) is 49.5 Å². The molecule has 47 heavy (non-hydrogen) atoms. The zero-order valence-corrected chi connectivity index (χ0v) is 26.6. The second-order valence-electron chi connectivity index (χ2n) is 13.9. The Balaban J connectivity index is 1.31. The van der Waals surface area contributed by atoms with Crippen molar-refractivity contribution in [3.8, 4) is 11.1 Å². The molecule has 0 spiro atoms. The molecule has 0 atom stereocenters. The minimum absolute atomic E-state index is 0.161. The summed E-state index contributed by atoms with van der Waals surface area (Å²) in [5, 5.41) is 3.96. The number of para-hydroxylation sites is 1. The molecule has 3 nitrogen and oxygen atoms in total. The number of hydrogen-bond donors (Lipinski definition) is 0. The van der Waals surface area contributed by atoms with Crippen LogP contribution in [0.15, 0.2) is 109 Å². The van der Waals surface area contributed by atoms with Crippen LogP contribution < -0.4 is 21.3 Å². The highest BCUT2D eigenvalue weighted by Crippen LogP contribution is 2.44. The van der Waals surface area contributed by atoms with Crippen molar-refractivity contribution in [2.24, 2.45) is 0 Å². The third-order valence-corrected chi connectivity index (χ3v) is 11.4. The fraction of sp³-hybridized carbons (Fsp3) is 0.140. The van der Waals surface area contributed by atoms with Gasteiger partial charge in [0.25, 0.3) is 6.71 Å². The second-order valence-corrected chi connectivity index (χ2v) is 13.9. The first-order chi connectivity index (χ1) is 23.2. The quantitative estimate of drug-likeness (QED) is 0.146. The summed E-state index contributed by atoms with van der Waals surface area (Å²) in [5.74, 6) is 0. The Morgan fingerprint density at radius 1 is 0.638 bits per heavy atom. The molecule has 222 valence electrons. The van der Waals surface area contributed by atoms with E-state index in [-0.39, 0.29) is 6.71 Å². The van der Waals surface area contributed by atoms with Crippen LogP contribution in [0, 0.1) is 13.8 Å². The Morgan fingerprint density at radius 2 is 1.43 bits per heavy atom. The van der Waals surface area contributed by atoms with E-state index in [1.54, 1.807) is 5.56 Å². The number of nitrogens with zero attached hydrogens (tertiary/aromatic N) is 3. The topological polar surface area (TPSA) is 20.5 Å². The molecule has 2 aromatic heterocycles. The minimum atomic E-state index is 0.161. The van der Waals surface area contributed by atoms with Gasteiger partial charge in [0.1, 0.15) is 5.65 Å². The van der Waals surface area contributed by atoms with Crippen molar-refractivity contribution in [2.45, 2.75) is 39.5 Å². The summed E-state index contributed by atoms with van der Waals surface area (Å²) in [6.07, 6.45) is 4.79. The number of fused-ring (bicyclic) bond motifs is 8. The van der Waals surface area contributed by atoms with Crippen molar-refractivity contribution in [1.82, 2.24) is 9.38 Å². The fourth-order valence-electron chi connectivity index (χ4n) is 9.44. The standard InChI is InChI=1S/C43H32BN3/c1-25-11-10-16-32-37-26(2)23-36-40-42(37)47-41-34(45-43(47)38(25)32)24-29-14-6-7-15-31(29)39(41)44(40)33-17-8-9-18-35(33)46(36)30-21-19-28(20-22-30)27-12-4-3-5-13-27/h3-5,8-13,16-24H,6-7,14-15H2,1-2H3. The molecule has 4 heterocycles. The van der Waals surface area contributed by atoms with Crippen LogP contribution in [-0.2, 0) is 12.8 Å². The first kappa shape index (κ1) is 25.8. The maximum atomic E-state index is 5.53. The first-order valence-electron chi connectivity index (χ1n) is 17.1. The Bertz CT molecular complexity index is 2650. The third kappa shape index (κ3) is 3.25. The lowest BCUT2D eigenvalue weighted by atomic mass is 9.33. The van der Waals surface area contributed by atoms with Crippen LogP contribution >= 0.6 is 0 Å². The van der Waals surface area contributed by atoms with E-state index in [9.17, 15) is 0 Å². The summed E-state index contributed by atoms with van der Waals surface area (Å²) in [7, 11) is 0. The van der Waals surface area contributed by atoms with Gasteiger partial charge < -0.3 is 4.90 Å². The van der Waals surface area contributed by atoms with E-state index in [1.165, 1.54) is 101 Å². The van der Waals surface area contributed by atoms with E-state index in [4.69, 9.17) is 4.98 Å². The molecule has 8 aromatic rings. The molecule has 2 aliphatic heterocycles. The van der Waals surface area contributed by atoms with E-state index in [2.05, 4.69) is 132 Å². The molecule has 1 aliphatic carbocycles. The van der Waals surface area contributed by atoms with E-state index < -0.39 is 0 Å². The van der Waals surface area contributed by atoms with Gasteiger partial charge in [-0.3, -0.25) is 4.40 Å². The fourth-order valence-corrected chi connectivity index (χ4v) is 9.44. The van der Waals surface area contributed by atoms with Crippen LogP contribution in [0.1, 0.15) is 35.1 Å². The number of hydrogen-bond acceptors (Lipinski definition) is 2. The van der Waals surface area contributed by atoms with Crippen molar-refractivity contribution in [3.05, 3.63) is 131 Å². The van der Waals surface area contributed by atoms with Gasteiger partial charge in [0.15, 0.2) is 0 Å². The molecule has 0 radical (unpaired) electrons. The maximum absolute atomic E-state index is 5.53. The van der Waals surface area contributed by atoms with Crippen LogP contribution in [-0.4, -0.2) is 16.1 Å². The first-order valence-corrected chi connectivity index (χ1v) is 17.1. The lowest BCUT2D eigenvalue weighted by molar-refractivity contribution is 0.689. The number of benzene rings is 6. The van der Waals surface area contributed by atoms with Crippen molar-refractivity contribution in [1.29, 1.82) is 0 Å². The smallest absolute Gasteiger partial charge is 0.252 e. The Kier molecular flexibility index (Phi) is 5.02. The lowest BCUT2D eigenvalue weighted by Crippen LogP contribution is -2.60. The predicted octanol–water partition coefficient (Wildman–Crippen LogP) is 8.57. The predicted molar refractivity (Wildman–Crippen MR) is 199 cm³/mol. The molecule has 0 fully saturated rings. The molecule has 11 rings (SSSR count).